The summed E-state index contributed by atoms with van der Waals surface area (Å²) in [6.45, 7) is 1.23. The molecule has 0 spiro atoms. The molecule has 2 heteroatoms. The van der Waals surface area contributed by atoms with Gasteiger partial charge in [0.2, 0.25) is 0 Å². The van der Waals surface area contributed by atoms with Crippen molar-refractivity contribution >= 4 is 0 Å². The van der Waals surface area contributed by atoms with Crippen molar-refractivity contribution in [3.63, 3.8) is 0 Å². The van der Waals surface area contributed by atoms with Gasteiger partial charge in [0.1, 0.15) is 12.4 Å². The molecule has 70 valence electrons. The molecule has 1 aromatic rings. The fourth-order valence-electron chi connectivity index (χ4n) is 0.893. The summed E-state index contributed by atoms with van der Waals surface area (Å²) in [4.78, 5) is 0. The van der Waals surface area contributed by atoms with Crippen molar-refractivity contribution in [3.8, 4) is 5.75 Å². The fourth-order valence-corrected chi connectivity index (χ4v) is 0.893. The zero-order chi connectivity index (χ0) is 9.36. The molecule has 0 amide bonds. The highest BCUT2D eigenvalue weighted by Crippen LogP contribution is 2.07. The van der Waals surface area contributed by atoms with Gasteiger partial charge >= 0.3 is 0 Å². The average Bonchev–Trinajstić information content (AvgIpc) is 2.19. The van der Waals surface area contributed by atoms with Crippen LogP contribution in [0.25, 0.3) is 0 Å². The third-order valence-corrected chi connectivity index (χ3v) is 1.52. The van der Waals surface area contributed by atoms with Crippen LogP contribution < -0.4 is 4.74 Å². The van der Waals surface area contributed by atoms with E-state index in [2.05, 4.69) is 0 Å². The Hall–Kier alpha value is -1.28. The topological polar surface area (TPSA) is 18.5 Å². The highest BCUT2D eigenvalue weighted by Gasteiger charge is 1.86. The molecule has 0 saturated carbocycles. The lowest BCUT2D eigenvalue weighted by molar-refractivity contribution is 0.233. The molecular weight excluding hydrogens is 164 g/mol. The summed E-state index contributed by atoms with van der Waals surface area (Å²) in [7, 11) is 1.67. The molecule has 2 nitrogen and oxygen atoms in total. The standard InChI is InChI=1S/C11H14O2/c1-12-9-5-6-10-13-11-7-3-2-4-8-11/h2-8H,9-10H2,1H3. The average molecular weight is 178 g/mol. The minimum Gasteiger partial charge on any atom is -0.490 e. The van der Waals surface area contributed by atoms with Crippen molar-refractivity contribution < 1.29 is 9.47 Å². The molecule has 0 heterocycles. The predicted molar refractivity (Wildman–Crippen MR) is 53.0 cm³/mol. The summed E-state index contributed by atoms with van der Waals surface area (Å²) in [6, 6.07) is 9.74. The second-order valence-corrected chi connectivity index (χ2v) is 2.55. The van der Waals surface area contributed by atoms with Gasteiger partial charge in [-0.15, -0.1) is 0 Å². The molecule has 13 heavy (non-hydrogen) atoms. The second-order valence-electron chi connectivity index (χ2n) is 2.55. The predicted octanol–water partition coefficient (Wildman–Crippen LogP) is 2.27. The van der Waals surface area contributed by atoms with E-state index in [4.69, 9.17) is 9.47 Å². The Morgan fingerprint density at radius 3 is 2.46 bits per heavy atom. The third-order valence-electron chi connectivity index (χ3n) is 1.52. The molecule has 0 aliphatic rings. The number of rotatable bonds is 5. The van der Waals surface area contributed by atoms with Crippen molar-refractivity contribution in [2.24, 2.45) is 0 Å². The van der Waals surface area contributed by atoms with Crippen molar-refractivity contribution in [3.05, 3.63) is 42.5 Å². The Bertz CT molecular complexity index is 242. The summed E-state index contributed by atoms with van der Waals surface area (Å²) < 4.78 is 10.3. The summed E-state index contributed by atoms with van der Waals surface area (Å²) in [5.74, 6) is 0.893. The highest BCUT2D eigenvalue weighted by molar-refractivity contribution is 5.21. The summed E-state index contributed by atoms with van der Waals surface area (Å²) in [5.41, 5.74) is 0. The van der Waals surface area contributed by atoms with E-state index in [0.717, 1.165) is 5.75 Å². The molecule has 0 bridgehead atoms. The molecule has 0 radical (unpaired) electrons. The van der Waals surface area contributed by atoms with Crippen LogP contribution in [0.5, 0.6) is 5.75 Å². The molecule has 0 N–H and O–H groups in total. The van der Waals surface area contributed by atoms with Gasteiger partial charge in [0.25, 0.3) is 0 Å². The van der Waals surface area contributed by atoms with Crippen LogP contribution in [0.2, 0.25) is 0 Å². The SMILES string of the molecule is COCC=CCOc1ccccc1. The Labute approximate surface area is 78.8 Å². The maximum absolute atomic E-state index is 5.41. The van der Waals surface area contributed by atoms with Gasteiger partial charge in [-0.2, -0.15) is 0 Å². The van der Waals surface area contributed by atoms with Crippen molar-refractivity contribution in [1.82, 2.24) is 0 Å². The van der Waals surface area contributed by atoms with Crippen LogP contribution in [0, 0.1) is 0 Å². The third kappa shape index (κ3) is 4.33. The molecule has 1 rings (SSSR count). The number of hydrogen-bond acceptors (Lipinski definition) is 2. The molecule has 1 aromatic carbocycles. The quantitative estimate of drug-likeness (QED) is 0.644. The number of hydrogen-bond donors (Lipinski definition) is 0. The van der Waals surface area contributed by atoms with Gasteiger partial charge in [0.05, 0.1) is 6.61 Å². The second kappa shape index (κ2) is 6.26. The Morgan fingerprint density at radius 2 is 1.77 bits per heavy atom. The van der Waals surface area contributed by atoms with E-state index < -0.39 is 0 Å². The molecule has 0 aromatic heterocycles. The normalized spacial score (nSPS) is 10.5. The molecule has 0 atom stereocenters. The van der Waals surface area contributed by atoms with E-state index in [0.29, 0.717) is 13.2 Å². The lowest BCUT2D eigenvalue weighted by Crippen LogP contribution is -1.93. The summed E-state index contributed by atoms with van der Waals surface area (Å²) in [5, 5.41) is 0. The monoisotopic (exact) mass is 178 g/mol. The minimum atomic E-state index is 0.591. The van der Waals surface area contributed by atoms with E-state index in [-0.39, 0.29) is 0 Å². The first-order valence-electron chi connectivity index (χ1n) is 4.25. The first-order chi connectivity index (χ1) is 6.43. The molecule has 0 unspecified atom stereocenters. The fraction of sp³-hybridized carbons (Fsp3) is 0.273. The first-order valence-corrected chi connectivity index (χ1v) is 4.25. The van der Waals surface area contributed by atoms with Crippen LogP contribution in [0.4, 0.5) is 0 Å². The maximum atomic E-state index is 5.41. The van der Waals surface area contributed by atoms with E-state index in [1.54, 1.807) is 7.11 Å². The van der Waals surface area contributed by atoms with Crippen molar-refractivity contribution in [2.45, 2.75) is 0 Å². The largest absolute Gasteiger partial charge is 0.490 e. The zero-order valence-electron chi connectivity index (χ0n) is 7.77. The number of ether oxygens (including phenoxy) is 2. The summed E-state index contributed by atoms with van der Waals surface area (Å²) in [6.07, 6.45) is 3.87. The van der Waals surface area contributed by atoms with Crippen LogP contribution in [-0.2, 0) is 4.74 Å². The van der Waals surface area contributed by atoms with Crippen LogP contribution in [0.3, 0.4) is 0 Å². The first kappa shape index (κ1) is 9.81. The lowest BCUT2D eigenvalue weighted by atomic mass is 10.3. The smallest absolute Gasteiger partial charge is 0.119 e. The number of methoxy groups -OCH3 is 1. The molecule has 0 fully saturated rings. The minimum absolute atomic E-state index is 0.591. The molecular formula is C11H14O2. The van der Waals surface area contributed by atoms with Crippen molar-refractivity contribution in [2.75, 3.05) is 20.3 Å². The van der Waals surface area contributed by atoms with Crippen LogP contribution in [-0.4, -0.2) is 20.3 Å². The van der Waals surface area contributed by atoms with E-state index >= 15 is 0 Å². The Morgan fingerprint density at radius 1 is 1.08 bits per heavy atom. The lowest BCUT2D eigenvalue weighted by Gasteiger charge is -2.01. The van der Waals surface area contributed by atoms with Crippen LogP contribution in [0.1, 0.15) is 0 Å². The van der Waals surface area contributed by atoms with Gasteiger partial charge in [0.15, 0.2) is 0 Å². The van der Waals surface area contributed by atoms with Gasteiger partial charge in [-0.1, -0.05) is 24.3 Å². The van der Waals surface area contributed by atoms with E-state index in [1.165, 1.54) is 0 Å². The van der Waals surface area contributed by atoms with Gasteiger partial charge in [-0.05, 0) is 18.2 Å². The van der Waals surface area contributed by atoms with Crippen molar-refractivity contribution in [1.29, 1.82) is 0 Å². The highest BCUT2D eigenvalue weighted by atomic mass is 16.5. The molecule has 0 saturated heterocycles. The number of benzene rings is 1. The van der Waals surface area contributed by atoms with Gasteiger partial charge < -0.3 is 9.47 Å². The summed E-state index contributed by atoms with van der Waals surface area (Å²) >= 11 is 0. The molecule has 0 aliphatic heterocycles. The maximum Gasteiger partial charge on any atom is 0.119 e. The number of para-hydroxylation sites is 1. The molecule has 0 aliphatic carbocycles. The Kier molecular flexibility index (Phi) is 4.72. The van der Waals surface area contributed by atoms with Gasteiger partial charge in [-0.3, -0.25) is 0 Å². The van der Waals surface area contributed by atoms with Gasteiger partial charge in [-0.25, -0.2) is 0 Å². The van der Waals surface area contributed by atoms with Gasteiger partial charge in [0, 0.05) is 7.11 Å². The zero-order valence-corrected chi connectivity index (χ0v) is 7.77. The van der Waals surface area contributed by atoms with E-state index in [1.807, 2.05) is 42.5 Å². The van der Waals surface area contributed by atoms with Crippen LogP contribution in [0.15, 0.2) is 42.5 Å². The Balaban J connectivity index is 2.20. The van der Waals surface area contributed by atoms with E-state index in [9.17, 15) is 0 Å². The van der Waals surface area contributed by atoms with Crippen LogP contribution >= 0.6 is 0 Å².